The lowest BCUT2D eigenvalue weighted by atomic mass is 10.2. The highest BCUT2D eigenvalue weighted by molar-refractivity contribution is 5.87. The van der Waals surface area contributed by atoms with Crippen molar-refractivity contribution in [2.24, 2.45) is 0 Å². The molecule has 98 valence electrons. The number of nitrogens with zero attached hydrogens (tertiary/aromatic N) is 2. The van der Waals surface area contributed by atoms with Crippen LogP contribution in [0.3, 0.4) is 0 Å². The molecule has 5 nitrogen and oxygen atoms in total. The Labute approximate surface area is 108 Å². The highest BCUT2D eigenvalue weighted by atomic mass is 19.1. The van der Waals surface area contributed by atoms with Gasteiger partial charge in [-0.3, -0.25) is 9.36 Å². The van der Waals surface area contributed by atoms with Crippen LogP contribution in [0, 0.1) is 19.7 Å². The average Bonchev–Trinajstić information content (AvgIpc) is 2.33. The summed E-state index contributed by atoms with van der Waals surface area (Å²) < 4.78 is 14.3. The summed E-state index contributed by atoms with van der Waals surface area (Å²) in [7, 11) is 0. The molecule has 0 saturated heterocycles. The summed E-state index contributed by atoms with van der Waals surface area (Å²) in [6.07, 6.45) is 0. The Kier molecular flexibility index (Phi) is 3.16. The third-order valence-electron chi connectivity index (χ3n) is 2.74. The van der Waals surface area contributed by atoms with E-state index in [1.54, 1.807) is 6.92 Å². The molecule has 0 saturated carbocycles. The molecular weight excluding hydrogens is 251 g/mol. The van der Waals surface area contributed by atoms with Gasteiger partial charge in [-0.15, -0.1) is 0 Å². The van der Waals surface area contributed by atoms with Gasteiger partial charge in [0.15, 0.2) is 0 Å². The van der Waals surface area contributed by atoms with Crippen molar-refractivity contribution in [2.75, 3.05) is 0 Å². The molecule has 0 aliphatic rings. The van der Waals surface area contributed by atoms with E-state index in [2.05, 4.69) is 4.98 Å². The molecule has 2 rings (SSSR count). The largest absolute Gasteiger partial charge is 0.477 e. The Balaban J connectivity index is 2.74. The SMILES string of the molecule is Cc1nc(-n2c(C)ccc(C(=O)O)c2=O)ccc1F. The first-order valence-corrected chi connectivity index (χ1v) is 5.51. The first-order valence-electron chi connectivity index (χ1n) is 5.51. The molecule has 2 aromatic rings. The number of aromatic carboxylic acids is 1. The molecule has 0 atom stereocenters. The first kappa shape index (κ1) is 12.9. The van der Waals surface area contributed by atoms with E-state index in [1.807, 2.05) is 0 Å². The molecule has 0 radical (unpaired) electrons. The van der Waals surface area contributed by atoms with Crippen molar-refractivity contribution in [3.8, 4) is 5.82 Å². The Morgan fingerprint density at radius 2 is 1.95 bits per heavy atom. The third kappa shape index (κ3) is 2.24. The number of carboxylic acids is 1. The zero-order valence-corrected chi connectivity index (χ0v) is 10.3. The van der Waals surface area contributed by atoms with Crippen LogP contribution in [0.1, 0.15) is 21.7 Å². The van der Waals surface area contributed by atoms with E-state index in [0.717, 1.165) is 4.57 Å². The molecule has 0 fully saturated rings. The minimum Gasteiger partial charge on any atom is -0.477 e. The van der Waals surface area contributed by atoms with Gasteiger partial charge in [0.2, 0.25) is 0 Å². The Morgan fingerprint density at radius 3 is 2.53 bits per heavy atom. The predicted molar refractivity (Wildman–Crippen MR) is 66.2 cm³/mol. The summed E-state index contributed by atoms with van der Waals surface area (Å²) in [6.45, 7) is 3.12. The van der Waals surface area contributed by atoms with Gasteiger partial charge in [-0.2, -0.15) is 0 Å². The van der Waals surface area contributed by atoms with Crippen LogP contribution in [0.15, 0.2) is 29.1 Å². The number of halogens is 1. The van der Waals surface area contributed by atoms with Crippen molar-refractivity contribution < 1.29 is 14.3 Å². The zero-order chi connectivity index (χ0) is 14.2. The van der Waals surface area contributed by atoms with Crippen molar-refractivity contribution >= 4 is 5.97 Å². The van der Waals surface area contributed by atoms with Gasteiger partial charge < -0.3 is 5.11 Å². The van der Waals surface area contributed by atoms with Crippen LogP contribution in [0.25, 0.3) is 5.82 Å². The van der Waals surface area contributed by atoms with Gasteiger partial charge in [-0.1, -0.05) is 0 Å². The predicted octanol–water partition coefficient (Wildman–Crippen LogP) is 1.69. The number of hydrogen-bond donors (Lipinski definition) is 1. The second kappa shape index (κ2) is 4.64. The molecule has 0 unspecified atom stereocenters. The van der Waals surface area contributed by atoms with Gasteiger partial charge in [0.05, 0.1) is 5.69 Å². The number of aryl methyl sites for hydroxylation is 2. The third-order valence-corrected chi connectivity index (χ3v) is 2.74. The van der Waals surface area contributed by atoms with E-state index in [9.17, 15) is 14.0 Å². The van der Waals surface area contributed by atoms with Gasteiger partial charge in [-0.05, 0) is 38.1 Å². The Hall–Kier alpha value is -2.50. The smallest absolute Gasteiger partial charge is 0.341 e. The van der Waals surface area contributed by atoms with Gasteiger partial charge >= 0.3 is 5.97 Å². The number of pyridine rings is 2. The van der Waals surface area contributed by atoms with Crippen LogP contribution >= 0.6 is 0 Å². The number of hydrogen-bond acceptors (Lipinski definition) is 3. The molecule has 6 heteroatoms. The molecule has 19 heavy (non-hydrogen) atoms. The fraction of sp³-hybridized carbons (Fsp3) is 0.154. The minimum atomic E-state index is -1.31. The summed E-state index contributed by atoms with van der Waals surface area (Å²) in [5, 5.41) is 8.93. The van der Waals surface area contributed by atoms with Crippen molar-refractivity contribution in [1.29, 1.82) is 0 Å². The standard InChI is InChI=1S/C13H11FN2O3/c1-7-3-4-9(13(18)19)12(17)16(7)11-6-5-10(14)8(2)15-11/h3-6H,1-2H3,(H,18,19). The highest BCUT2D eigenvalue weighted by Gasteiger charge is 2.14. The number of aromatic nitrogens is 2. The molecule has 0 spiro atoms. The quantitative estimate of drug-likeness (QED) is 0.893. The molecule has 0 bridgehead atoms. The second-order valence-corrected chi connectivity index (χ2v) is 4.07. The van der Waals surface area contributed by atoms with E-state index in [-0.39, 0.29) is 17.1 Å². The van der Waals surface area contributed by atoms with Gasteiger partial charge in [-0.25, -0.2) is 14.2 Å². The zero-order valence-electron chi connectivity index (χ0n) is 10.3. The van der Waals surface area contributed by atoms with E-state index >= 15 is 0 Å². The van der Waals surface area contributed by atoms with E-state index in [0.29, 0.717) is 5.69 Å². The van der Waals surface area contributed by atoms with Crippen LogP contribution in [-0.4, -0.2) is 20.6 Å². The normalized spacial score (nSPS) is 10.5. The number of rotatable bonds is 2. The van der Waals surface area contributed by atoms with Crippen LogP contribution in [0.5, 0.6) is 0 Å². The molecule has 0 aliphatic carbocycles. The van der Waals surface area contributed by atoms with Crippen LogP contribution < -0.4 is 5.56 Å². The summed E-state index contributed by atoms with van der Waals surface area (Å²) in [4.78, 5) is 27.0. The molecular formula is C13H11FN2O3. The maximum atomic E-state index is 13.2. The molecule has 0 amide bonds. The molecule has 0 aliphatic heterocycles. The maximum Gasteiger partial charge on any atom is 0.341 e. The lowest BCUT2D eigenvalue weighted by Gasteiger charge is -2.10. The van der Waals surface area contributed by atoms with Crippen molar-refractivity contribution in [3.05, 3.63) is 57.4 Å². The monoisotopic (exact) mass is 262 g/mol. The summed E-state index contributed by atoms with van der Waals surface area (Å²) in [5.41, 5.74) is -0.376. The van der Waals surface area contributed by atoms with E-state index in [1.165, 1.54) is 31.2 Å². The lowest BCUT2D eigenvalue weighted by Crippen LogP contribution is -2.27. The fourth-order valence-electron chi connectivity index (χ4n) is 1.73. The lowest BCUT2D eigenvalue weighted by molar-refractivity contribution is 0.0694. The second-order valence-electron chi connectivity index (χ2n) is 4.07. The summed E-state index contributed by atoms with van der Waals surface area (Å²) >= 11 is 0. The first-order chi connectivity index (χ1) is 8.91. The summed E-state index contributed by atoms with van der Waals surface area (Å²) in [6, 6.07) is 5.28. The Morgan fingerprint density at radius 1 is 1.26 bits per heavy atom. The maximum absolute atomic E-state index is 13.2. The highest BCUT2D eigenvalue weighted by Crippen LogP contribution is 2.10. The molecule has 1 N–H and O–H groups in total. The number of carboxylic acid groups (broad SMARTS) is 1. The minimum absolute atomic E-state index is 0.143. The molecule has 0 aromatic carbocycles. The van der Waals surface area contributed by atoms with Crippen molar-refractivity contribution in [3.63, 3.8) is 0 Å². The topological polar surface area (TPSA) is 72.2 Å². The van der Waals surface area contributed by atoms with E-state index < -0.39 is 17.3 Å². The average molecular weight is 262 g/mol. The van der Waals surface area contributed by atoms with Gasteiger partial charge in [0.1, 0.15) is 17.2 Å². The number of carbonyl (C=O) groups is 1. The van der Waals surface area contributed by atoms with Crippen molar-refractivity contribution in [2.45, 2.75) is 13.8 Å². The van der Waals surface area contributed by atoms with E-state index in [4.69, 9.17) is 5.11 Å². The van der Waals surface area contributed by atoms with Crippen LogP contribution in [0.4, 0.5) is 4.39 Å². The van der Waals surface area contributed by atoms with Gasteiger partial charge in [0.25, 0.3) is 5.56 Å². The van der Waals surface area contributed by atoms with Crippen LogP contribution in [-0.2, 0) is 0 Å². The van der Waals surface area contributed by atoms with Crippen molar-refractivity contribution in [1.82, 2.24) is 9.55 Å². The van der Waals surface area contributed by atoms with Gasteiger partial charge in [0, 0.05) is 5.69 Å². The molecule has 2 aromatic heterocycles. The fourth-order valence-corrected chi connectivity index (χ4v) is 1.73. The van der Waals surface area contributed by atoms with Crippen LogP contribution in [0.2, 0.25) is 0 Å². The summed E-state index contributed by atoms with van der Waals surface area (Å²) in [5.74, 6) is -1.59. The molecule has 2 heterocycles. The Bertz CT molecular complexity index is 722.